The average molecular weight is 637 g/mol. The summed E-state index contributed by atoms with van der Waals surface area (Å²) in [6.07, 6.45) is 16.3. The van der Waals surface area contributed by atoms with Gasteiger partial charge in [0.2, 0.25) is 5.91 Å². The SMILES string of the molecule is NCCCCC(=O)Nc1ncc(-c2cc(-c3cc(OCCC4CCCCC4)ccc3Br)nc(-c3cnccn3)n2)s1. The van der Waals surface area contributed by atoms with Crippen LogP contribution < -0.4 is 15.8 Å². The highest BCUT2D eigenvalue weighted by atomic mass is 79.9. The minimum absolute atomic E-state index is 0.0767. The van der Waals surface area contributed by atoms with Gasteiger partial charge in [-0.15, -0.1) is 0 Å². The zero-order valence-corrected chi connectivity index (χ0v) is 25.3. The van der Waals surface area contributed by atoms with E-state index in [1.165, 1.54) is 43.4 Å². The fourth-order valence-electron chi connectivity index (χ4n) is 4.91. The van der Waals surface area contributed by atoms with Crippen molar-refractivity contribution in [3.63, 3.8) is 0 Å². The van der Waals surface area contributed by atoms with E-state index >= 15 is 0 Å². The predicted octanol–water partition coefficient (Wildman–Crippen LogP) is 6.90. The lowest BCUT2D eigenvalue weighted by atomic mass is 9.87. The molecule has 1 aliphatic rings. The number of nitrogens with zero attached hydrogens (tertiary/aromatic N) is 5. The van der Waals surface area contributed by atoms with Crippen molar-refractivity contribution in [3.8, 4) is 39.1 Å². The lowest BCUT2D eigenvalue weighted by Crippen LogP contribution is -2.11. The summed E-state index contributed by atoms with van der Waals surface area (Å²) in [5.41, 5.74) is 8.36. The van der Waals surface area contributed by atoms with Crippen molar-refractivity contribution in [2.75, 3.05) is 18.5 Å². The van der Waals surface area contributed by atoms with Gasteiger partial charge in [-0.05, 0) is 56.0 Å². The van der Waals surface area contributed by atoms with Crippen LogP contribution >= 0.6 is 27.3 Å². The third-order valence-corrected chi connectivity index (χ3v) is 8.74. The summed E-state index contributed by atoms with van der Waals surface area (Å²) in [7, 11) is 0. The number of unbranched alkanes of at least 4 members (excludes halogenated alkanes) is 1. The first-order valence-corrected chi connectivity index (χ1v) is 15.7. The summed E-state index contributed by atoms with van der Waals surface area (Å²) in [4.78, 5) is 35.8. The van der Waals surface area contributed by atoms with Crippen molar-refractivity contribution in [1.29, 1.82) is 0 Å². The van der Waals surface area contributed by atoms with E-state index in [4.69, 9.17) is 20.4 Å². The van der Waals surface area contributed by atoms with Crippen molar-refractivity contribution in [1.82, 2.24) is 24.9 Å². The van der Waals surface area contributed by atoms with E-state index in [2.05, 4.69) is 36.2 Å². The van der Waals surface area contributed by atoms with Crippen molar-refractivity contribution in [2.45, 2.75) is 57.8 Å². The van der Waals surface area contributed by atoms with Gasteiger partial charge in [-0.3, -0.25) is 9.78 Å². The van der Waals surface area contributed by atoms with E-state index in [0.29, 0.717) is 47.6 Å². The monoisotopic (exact) mass is 635 g/mol. The fourth-order valence-corrected chi connectivity index (χ4v) is 6.16. The second-order valence-electron chi connectivity index (χ2n) is 10.2. The number of halogens is 1. The Hall–Kier alpha value is -3.28. The van der Waals surface area contributed by atoms with Crippen LogP contribution in [0.2, 0.25) is 0 Å². The van der Waals surface area contributed by atoms with Crippen molar-refractivity contribution < 1.29 is 9.53 Å². The number of thiazole rings is 1. The van der Waals surface area contributed by atoms with Gasteiger partial charge in [-0.1, -0.05) is 59.4 Å². The maximum atomic E-state index is 12.3. The minimum atomic E-state index is -0.0767. The van der Waals surface area contributed by atoms with Crippen molar-refractivity contribution >= 4 is 38.3 Å². The van der Waals surface area contributed by atoms with Gasteiger partial charge in [0.25, 0.3) is 0 Å². The van der Waals surface area contributed by atoms with E-state index in [0.717, 1.165) is 45.8 Å². The van der Waals surface area contributed by atoms with E-state index < -0.39 is 0 Å². The Balaban J connectivity index is 1.40. The van der Waals surface area contributed by atoms with Gasteiger partial charge in [-0.25, -0.2) is 19.9 Å². The molecule has 5 rings (SSSR count). The van der Waals surface area contributed by atoms with Crippen LogP contribution in [0.25, 0.3) is 33.3 Å². The van der Waals surface area contributed by atoms with E-state index in [1.807, 2.05) is 24.3 Å². The summed E-state index contributed by atoms with van der Waals surface area (Å²) in [5, 5.41) is 3.40. The molecule has 1 amide bonds. The second-order valence-corrected chi connectivity index (χ2v) is 12.0. The molecule has 0 radical (unpaired) electrons. The second kappa shape index (κ2) is 14.6. The van der Waals surface area contributed by atoms with Crippen LogP contribution in [0.15, 0.2) is 53.5 Å². The number of amides is 1. The molecular weight excluding hydrogens is 602 g/mol. The third kappa shape index (κ3) is 8.15. The smallest absolute Gasteiger partial charge is 0.226 e. The Kier molecular flexibility index (Phi) is 10.4. The van der Waals surface area contributed by atoms with Crippen LogP contribution in [-0.4, -0.2) is 44.0 Å². The summed E-state index contributed by atoms with van der Waals surface area (Å²) in [5.74, 6) is 1.93. The molecule has 214 valence electrons. The molecule has 0 atom stereocenters. The first-order valence-electron chi connectivity index (χ1n) is 14.1. The van der Waals surface area contributed by atoms with E-state index in [9.17, 15) is 4.79 Å². The van der Waals surface area contributed by atoms with Crippen LogP contribution in [0.3, 0.4) is 0 Å². The number of carbonyl (C=O) groups is 1. The van der Waals surface area contributed by atoms with Gasteiger partial charge in [0.1, 0.15) is 11.4 Å². The molecule has 0 aliphatic heterocycles. The van der Waals surface area contributed by atoms with Gasteiger partial charge >= 0.3 is 0 Å². The third-order valence-electron chi connectivity index (χ3n) is 7.11. The zero-order valence-electron chi connectivity index (χ0n) is 22.9. The topological polar surface area (TPSA) is 129 Å². The molecule has 0 bridgehead atoms. The summed E-state index contributed by atoms with van der Waals surface area (Å²) >= 11 is 5.07. The number of anilines is 1. The Morgan fingerprint density at radius 1 is 1.02 bits per heavy atom. The fraction of sp³-hybridized carbons (Fsp3) is 0.400. The Morgan fingerprint density at radius 2 is 1.88 bits per heavy atom. The van der Waals surface area contributed by atoms with Crippen LogP contribution in [0, 0.1) is 5.92 Å². The van der Waals surface area contributed by atoms with Crippen LogP contribution in [-0.2, 0) is 4.79 Å². The van der Waals surface area contributed by atoms with Crippen LogP contribution in [0.5, 0.6) is 5.75 Å². The molecular formula is C30H34BrN7O2S. The predicted molar refractivity (Wildman–Crippen MR) is 166 cm³/mol. The van der Waals surface area contributed by atoms with Gasteiger partial charge in [-0.2, -0.15) is 0 Å². The average Bonchev–Trinajstić information content (AvgIpc) is 3.47. The Labute approximate surface area is 252 Å². The highest BCUT2D eigenvalue weighted by Gasteiger charge is 2.17. The number of ether oxygens (including phenoxy) is 1. The molecule has 3 N–H and O–H groups in total. The number of hydrogen-bond donors (Lipinski definition) is 2. The standard InChI is InChI=1S/C30H34BrN7O2S/c31-23-10-9-21(40-15-11-20-6-2-1-3-7-20)16-22(23)24-17-25(37-29(36-24)26-18-33-13-14-34-26)27-19-35-30(41-27)38-28(39)8-4-5-12-32/h9-10,13-14,16-20H,1-8,11-12,15,32H2,(H,35,38,39). The van der Waals surface area contributed by atoms with Crippen molar-refractivity contribution in [2.24, 2.45) is 11.7 Å². The van der Waals surface area contributed by atoms with Gasteiger partial charge in [0.15, 0.2) is 11.0 Å². The van der Waals surface area contributed by atoms with E-state index in [1.54, 1.807) is 24.8 Å². The first kappa shape index (κ1) is 29.2. The number of benzene rings is 1. The zero-order chi connectivity index (χ0) is 28.4. The first-order chi connectivity index (χ1) is 20.1. The van der Waals surface area contributed by atoms with Crippen molar-refractivity contribution in [3.05, 3.63) is 53.5 Å². The number of carbonyl (C=O) groups excluding carboxylic acids is 1. The summed E-state index contributed by atoms with van der Waals surface area (Å²) in [6, 6.07) is 7.90. The van der Waals surface area contributed by atoms with Crippen LogP contribution in [0.4, 0.5) is 5.13 Å². The molecule has 3 aromatic heterocycles. The molecule has 0 saturated heterocycles. The molecule has 1 fully saturated rings. The number of rotatable bonds is 12. The number of aromatic nitrogens is 5. The minimum Gasteiger partial charge on any atom is -0.494 e. The van der Waals surface area contributed by atoms with E-state index in [-0.39, 0.29) is 5.91 Å². The lowest BCUT2D eigenvalue weighted by molar-refractivity contribution is -0.116. The molecule has 41 heavy (non-hydrogen) atoms. The number of hydrogen-bond acceptors (Lipinski definition) is 9. The van der Waals surface area contributed by atoms with Gasteiger partial charge < -0.3 is 15.8 Å². The molecule has 3 heterocycles. The molecule has 1 aliphatic carbocycles. The highest BCUT2D eigenvalue weighted by Crippen LogP contribution is 2.36. The number of nitrogens with two attached hydrogens (primary N) is 1. The molecule has 0 spiro atoms. The molecule has 4 aromatic rings. The maximum Gasteiger partial charge on any atom is 0.226 e. The number of nitrogens with one attached hydrogen (secondary N) is 1. The normalized spacial score (nSPS) is 13.7. The molecule has 9 nitrogen and oxygen atoms in total. The van der Waals surface area contributed by atoms with Gasteiger partial charge in [0.05, 0.1) is 29.1 Å². The van der Waals surface area contributed by atoms with Gasteiger partial charge in [0, 0.05) is 35.0 Å². The highest BCUT2D eigenvalue weighted by molar-refractivity contribution is 9.10. The molecule has 1 aromatic carbocycles. The molecule has 1 saturated carbocycles. The quantitative estimate of drug-likeness (QED) is 0.161. The molecule has 0 unspecified atom stereocenters. The summed E-state index contributed by atoms with van der Waals surface area (Å²) in [6.45, 7) is 1.28. The summed E-state index contributed by atoms with van der Waals surface area (Å²) < 4.78 is 7.08. The lowest BCUT2D eigenvalue weighted by Gasteiger charge is -2.21. The maximum absolute atomic E-state index is 12.3. The Bertz CT molecular complexity index is 1440. The largest absolute Gasteiger partial charge is 0.494 e. The molecule has 11 heteroatoms. The Morgan fingerprint density at radius 3 is 2.68 bits per heavy atom. The van der Waals surface area contributed by atoms with Crippen LogP contribution in [0.1, 0.15) is 57.8 Å².